The van der Waals surface area contributed by atoms with Crippen molar-refractivity contribution in [1.82, 2.24) is 5.32 Å². The van der Waals surface area contributed by atoms with Crippen LogP contribution in [-0.2, 0) is 4.79 Å². The molecule has 0 aliphatic heterocycles. The van der Waals surface area contributed by atoms with Gasteiger partial charge in [-0.1, -0.05) is 32.9 Å². The van der Waals surface area contributed by atoms with E-state index in [9.17, 15) is 9.59 Å². The van der Waals surface area contributed by atoms with Crippen molar-refractivity contribution < 1.29 is 9.59 Å². The minimum Gasteiger partial charge on any atom is -0.332 e. The Morgan fingerprint density at radius 2 is 1.46 bits per heavy atom. The fraction of sp³-hybridized carbons (Fsp3) is 0.250. The maximum Gasteiger partial charge on any atom is 0.255 e. The maximum absolute atomic E-state index is 12.3. The van der Waals surface area contributed by atoms with Crippen LogP contribution in [0.1, 0.15) is 49.0 Å². The molecule has 0 heterocycles. The second kappa shape index (κ2) is 9.10. The Balaban J connectivity index is 1.94. The molecule has 26 heavy (non-hydrogen) atoms. The highest BCUT2D eigenvalue weighted by molar-refractivity contribution is 7.80. The summed E-state index contributed by atoms with van der Waals surface area (Å²) in [6.07, 6.45) is 0.366. The van der Waals surface area contributed by atoms with Gasteiger partial charge in [0.05, 0.1) is 0 Å². The molecule has 2 rings (SSSR count). The Labute approximate surface area is 159 Å². The minimum atomic E-state index is -0.160. The van der Waals surface area contributed by atoms with Crippen LogP contribution in [0.15, 0.2) is 48.5 Å². The molecule has 0 radical (unpaired) electrons. The molecule has 0 atom stereocenters. The topological polar surface area (TPSA) is 70.2 Å². The van der Waals surface area contributed by atoms with E-state index >= 15 is 0 Å². The fourth-order valence-corrected chi connectivity index (χ4v) is 2.47. The fourth-order valence-electron chi connectivity index (χ4n) is 2.24. The van der Waals surface area contributed by atoms with E-state index in [2.05, 4.69) is 29.8 Å². The van der Waals surface area contributed by atoms with Crippen molar-refractivity contribution in [1.29, 1.82) is 0 Å². The van der Waals surface area contributed by atoms with Gasteiger partial charge in [0.15, 0.2) is 5.11 Å². The highest BCUT2D eigenvalue weighted by Crippen LogP contribution is 2.17. The van der Waals surface area contributed by atoms with E-state index < -0.39 is 0 Å². The van der Waals surface area contributed by atoms with Gasteiger partial charge in [-0.25, -0.2) is 0 Å². The van der Waals surface area contributed by atoms with Gasteiger partial charge in [-0.15, -0.1) is 0 Å². The molecule has 5 nitrogen and oxygen atoms in total. The molecule has 0 aromatic heterocycles. The van der Waals surface area contributed by atoms with E-state index in [0.29, 0.717) is 23.6 Å². The van der Waals surface area contributed by atoms with Crippen LogP contribution in [0.5, 0.6) is 0 Å². The van der Waals surface area contributed by atoms with Gasteiger partial charge >= 0.3 is 0 Å². The van der Waals surface area contributed by atoms with E-state index in [1.165, 1.54) is 5.56 Å². The standard InChI is InChI=1S/C20H23N3O2S/c1-4-18(24)23-20(26)22-17-11-9-16(10-12-17)21-19(25)15-7-5-14(6-8-15)13(2)3/h5-13H,4H2,1-3H3,(H,21,25)(H2,22,23,24,26). The molecule has 0 saturated carbocycles. The molecule has 2 aromatic rings. The molecule has 0 fully saturated rings. The van der Waals surface area contributed by atoms with Crippen LogP contribution in [0.4, 0.5) is 11.4 Å². The number of carbonyl (C=O) groups is 2. The average Bonchev–Trinajstić information content (AvgIpc) is 2.63. The molecule has 0 saturated heterocycles. The van der Waals surface area contributed by atoms with E-state index in [1.807, 2.05) is 24.3 Å². The molecule has 0 aliphatic rings. The van der Waals surface area contributed by atoms with Gasteiger partial charge in [0.25, 0.3) is 5.91 Å². The van der Waals surface area contributed by atoms with Gasteiger partial charge in [-0.05, 0) is 60.1 Å². The second-order valence-corrected chi connectivity index (χ2v) is 6.57. The van der Waals surface area contributed by atoms with Crippen LogP contribution in [0.2, 0.25) is 0 Å². The molecular weight excluding hydrogens is 346 g/mol. The monoisotopic (exact) mass is 369 g/mol. The lowest BCUT2D eigenvalue weighted by Crippen LogP contribution is -2.33. The van der Waals surface area contributed by atoms with Crippen LogP contribution in [0.3, 0.4) is 0 Å². The lowest BCUT2D eigenvalue weighted by Gasteiger charge is -2.10. The molecule has 2 aromatic carbocycles. The zero-order valence-corrected chi connectivity index (χ0v) is 15.9. The number of nitrogens with one attached hydrogen (secondary N) is 3. The lowest BCUT2D eigenvalue weighted by molar-refractivity contribution is -0.119. The van der Waals surface area contributed by atoms with Gasteiger partial charge in [0.2, 0.25) is 5.91 Å². The first kappa shape index (κ1) is 19.6. The highest BCUT2D eigenvalue weighted by atomic mass is 32.1. The normalized spacial score (nSPS) is 10.3. The number of hydrogen-bond donors (Lipinski definition) is 3. The molecule has 0 unspecified atom stereocenters. The summed E-state index contributed by atoms with van der Waals surface area (Å²) >= 11 is 5.06. The van der Waals surface area contributed by atoms with Crippen LogP contribution in [0.25, 0.3) is 0 Å². The first-order chi connectivity index (χ1) is 12.4. The van der Waals surface area contributed by atoms with Crippen molar-refractivity contribution in [3.05, 3.63) is 59.7 Å². The van der Waals surface area contributed by atoms with E-state index in [-0.39, 0.29) is 16.9 Å². The van der Waals surface area contributed by atoms with E-state index in [0.717, 1.165) is 5.69 Å². The molecular formula is C20H23N3O2S. The smallest absolute Gasteiger partial charge is 0.255 e. The summed E-state index contributed by atoms with van der Waals surface area (Å²) < 4.78 is 0. The molecule has 0 aliphatic carbocycles. The molecule has 3 N–H and O–H groups in total. The Morgan fingerprint density at radius 3 is 1.96 bits per heavy atom. The van der Waals surface area contributed by atoms with Crippen LogP contribution < -0.4 is 16.0 Å². The number of amides is 2. The number of rotatable bonds is 5. The summed E-state index contributed by atoms with van der Waals surface area (Å²) in [5, 5.41) is 8.60. The van der Waals surface area contributed by atoms with E-state index in [1.54, 1.807) is 31.2 Å². The first-order valence-electron chi connectivity index (χ1n) is 8.51. The van der Waals surface area contributed by atoms with Crippen molar-refractivity contribution >= 4 is 40.5 Å². The maximum atomic E-state index is 12.3. The average molecular weight is 369 g/mol. The van der Waals surface area contributed by atoms with Crippen LogP contribution in [-0.4, -0.2) is 16.9 Å². The minimum absolute atomic E-state index is 0.144. The van der Waals surface area contributed by atoms with Gasteiger partial charge < -0.3 is 16.0 Å². The van der Waals surface area contributed by atoms with Gasteiger partial charge in [0.1, 0.15) is 0 Å². The van der Waals surface area contributed by atoms with Crippen molar-refractivity contribution in [2.75, 3.05) is 10.6 Å². The predicted molar refractivity (Wildman–Crippen MR) is 110 cm³/mol. The highest BCUT2D eigenvalue weighted by Gasteiger charge is 2.08. The van der Waals surface area contributed by atoms with Crippen molar-refractivity contribution in [3.63, 3.8) is 0 Å². The first-order valence-corrected chi connectivity index (χ1v) is 8.92. The third kappa shape index (κ3) is 5.67. The summed E-state index contributed by atoms with van der Waals surface area (Å²) in [7, 11) is 0. The zero-order chi connectivity index (χ0) is 19.1. The summed E-state index contributed by atoms with van der Waals surface area (Å²) in [6.45, 7) is 5.99. The van der Waals surface area contributed by atoms with Gasteiger partial charge in [0, 0.05) is 23.4 Å². The largest absolute Gasteiger partial charge is 0.332 e. The number of benzene rings is 2. The summed E-state index contributed by atoms with van der Waals surface area (Å²) in [5.74, 6) is 0.127. The lowest BCUT2D eigenvalue weighted by atomic mass is 10.0. The van der Waals surface area contributed by atoms with E-state index in [4.69, 9.17) is 12.2 Å². The van der Waals surface area contributed by atoms with Crippen molar-refractivity contribution in [3.8, 4) is 0 Å². The molecule has 0 bridgehead atoms. The second-order valence-electron chi connectivity index (χ2n) is 6.16. The Morgan fingerprint density at radius 1 is 0.923 bits per heavy atom. The third-order valence-corrected chi connectivity index (χ3v) is 4.02. The summed E-state index contributed by atoms with van der Waals surface area (Å²) in [6, 6.07) is 14.7. The Bertz CT molecular complexity index is 784. The summed E-state index contributed by atoms with van der Waals surface area (Å²) in [5.41, 5.74) is 3.21. The van der Waals surface area contributed by atoms with Crippen molar-refractivity contribution in [2.45, 2.75) is 33.1 Å². The SMILES string of the molecule is CCC(=O)NC(=S)Nc1ccc(NC(=O)c2ccc(C(C)C)cc2)cc1. The molecule has 136 valence electrons. The molecule has 6 heteroatoms. The zero-order valence-electron chi connectivity index (χ0n) is 15.1. The molecule has 0 spiro atoms. The van der Waals surface area contributed by atoms with Crippen LogP contribution in [0, 0.1) is 0 Å². The number of thiocarbonyl (C=S) groups is 1. The number of anilines is 2. The number of carbonyl (C=O) groups excluding carboxylic acids is 2. The van der Waals surface area contributed by atoms with Gasteiger partial charge in [-0.2, -0.15) is 0 Å². The van der Waals surface area contributed by atoms with Gasteiger partial charge in [-0.3, -0.25) is 9.59 Å². The summed E-state index contributed by atoms with van der Waals surface area (Å²) in [4.78, 5) is 23.6. The predicted octanol–water partition coefficient (Wildman–Crippen LogP) is 4.29. The number of hydrogen-bond acceptors (Lipinski definition) is 3. The third-order valence-electron chi connectivity index (χ3n) is 3.81. The van der Waals surface area contributed by atoms with Crippen molar-refractivity contribution in [2.24, 2.45) is 0 Å². The quantitative estimate of drug-likeness (QED) is 0.688. The van der Waals surface area contributed by atoms with Crippen LogP contribution >= 0.6 is 12.2 Å². The Kier molecular flexibility index (Phi) is 6.86. The molecule has 2 amide bonds. The Hall–Kier alpha value is -2.73.